The van der Waals surface area contributed by atoms with E-state index in [1.54, 1.807) is 0 Å². The molecule has 0 radical (unpaired) electrons. The fourth-order valence-corrected chi connectivity index (χ4v) is 3.70. The summed E-state index contributed by atoms with van der Waals surface area (Å²) in [7, 11) is 0. The molecule has 21 heavy (non-hydrogen) atoms. The van der Waals surface area contributed by atoms with Gasteiger partial charge in [-0.05, 0) is 36.0 Å². The van der Waals surface area contributed by atoms with E-state index in [2.05, 4.69) is 46.4 Å². The molecule has 2 heterocycles. The second-order valence-corrected chi connectivity index (χ2v) is 6.04. The van der Waals surface area contributed by atoms with Crippen LogP contribution in [0.25, 0.3) is 22.2 Å². The van der Waals surface area contributed by atoms with Crippen LogP contribution in [0.4, 0.5) is 0 Å². The predicted molar refractivity (Wildman–Crippen MR) is 87.4 cm³/mol. The van der Waals surface area contributed by atoms with E-state index in [1.807, 2.05) is 12.4 Å². The number of H-pyrrole nitrogens is 1. The maximum absolute atomic E-state index is 4.36. The highest BCUT2D eigenvalue weighted by Gasteiger charge is 2.23. The van der Waals surface area contributed by atoms with Crippen LogP contribution in [0.15, 0.2) is 48.8 Å². The van der Waals surface area contributed by atoms with Crippen LogP contribution in [0, 0.1) is 0 Å². The Morgan fingerprint density at radius 1 is 0.952 bits per heavy atom. The van der Waals surface area contributed by atoms with Crippen molar-refractivity contribution < 1.29 is 0 Å². The third kappa shape index (κ3) is 2.25. The molecular formula is C19H20N2. The summed E-state index contributed by atoms with van der Waals surface area (Å²) in [5.74, 6) is 0.673. The molecule has 0 saturated heterocycles. The second-order valence-electron chi connectivity index (χ2n) is 6.04. The van der Waals surface area contributed by atoms with Crippen molar-refractivity contribution in [1.82, 2.24) is 9.97 Å². The molecule has 2 aromatic heterocycles. The zero-order valence-corrected chi connectivity index (χ0v) is 12.2. The Hall–Kier alpha value is -2.09. The monoisotopic (exact) mass is 276 g/mol. The van der Waals surface area contributed by atoms with E-state index in [-0.39, 0.29) is 0 Å². The van der Waals surface area contributed by atoms with Crippen LogP contribution in [0.5, 0.6) is 0 Å². The molecule has 2 nitrogen and oxygen atoms in total. The SMILES string of the molecule is c1ccc(-c2[nH]c3ccncc3c2C2CCCCC2)cc1. The molecular weight excluding hydrogens is 256 g/mol. The summed E-state index contributed by atoms with van der Waals surface area (Å²) >= 11 is 0. The lowest BCUT2D eigenvalue weighted by atomic mass is 9.82. The second kappa shape index (κ2) is 5.36. The van der Waals surface area contributed by atoms with Crippen LogP contribution in [-0.2, 0) is 0 Å². The Morgan fingerprint density at radius 2 is 1.76 bits per heavy atom. The number of hydrogen-bond donors (Lipinski definition) is 1. The molecule has 1 fully saturated rings. The van der Waals surface area contributed by atoms with E-state index in [9.17, 15) is 0 Å². The quantitative estimate of drug-likeness (QED) is 0.678. The molecule has 0 atom stereocenters. The van der Waals surface area contributed by atoms with Gasteiger partial charge in [-0.2, -0.15) is 0 Å². The maximum Gasteiger partial charge on any atom is 0.0500 e. The van der Waals surface area contributed by atoms with Crippen molar-refractivity contribution in [1.29, 1.82) is 0 Å². The lowest BCUT2D eigenvalue weighted by molar-refractivity contribution is 0.446. The number of rotatable bonds is 2. The molecule has 3 aromatic rings. The Balaban J connectivity index is 1.92. The molecule has 1 saturated carbocycles. The van der Waals surface area contributed by atoms with Gasteiger partial charge in [0.2, 0.25) is 0 Å². The summed E-state index contributed by atoms with van der Waals surface area (Å²) in [5, 5.41) is 1.31. The van der Waals surface area contributed by atoms with Gasteiger partial charge in [-0.15, -0.1) is 0 Å². The van der Waals surface area contributed by atoms with Gasteiger partial charge < -0.3 is 4.98 Å². The third-order valence-corrected chi connectivity index (χ3v) is 4.72. The lowest BCUT2D eigenvalue weighted by Gasteiger charge is -2.22. The van der Waals surface area contributed by atoms with Crippen LogP contribution < -0.4 is 0 Å². The normalized spacial score (nSPS) is 16.4. The largest absolute Gasteiger partial charge is 0.354 e. The third-order valence-electron chi connectivity index (χ3n) is 4.72. The highest BCUT2D eigenvalue weighted by Crippen LogP contribution is 2.41. The minimum atomic E-state index is 0.673. The number of fused-ring (bicyclic) bond motifs is 1. The number of aromatic nitrogens is 2. The van der Waals surface area contributed by atoms with Gasteiger partial charge in [0.05, 0.1) is 5.69 Å². The smallest absolute Gasteiger partial charge is 0.0500 e. The molecule has 1 aromatic carbocycles. The van der Waals surface area contributed by atoms with Gasteiger partial charge in [-0.25, -0.2) is 0 Å². The first-order valence-corrected chi connectivity index (χ1v) is 7.94. The molecule has 0 amide bonds. The van der Waals surface area contributed by atoms with Crippen LogP contribution in [0.2, 0.25) is 0 Å². The standard InChI is InChI=1S/C19H20N2/c1-3-7-14(8-4-1)18-16-13-20-12-11-17(16)21-19(18)15-9-5-2-6-10-15/h2,5-6,9-14,21H,1,3-4,7-8H2. The minimum Gasteiger partial charge on any atom is -0.354 e. The van der Waals surface area contributed by atoms with E-state index in [1.165, 1.54) is 59.8 Å². The van der Waals surface area contributed by atoms with Crippen molar-refractivity contribution in [2.24, 2.45) is 0 Å². The van der Waals surface area contributed by atoms with E-state index in [0.29, 0.717) is 5.92 Å². The number of pyridine rings is 1. The highest BCUT2D eigenvalue weighted by atomic mass is 14.7. The summed E-state index contributed by atoms with van der Waals surface area (Å²) < 4.78 is 0. The summed E-state index contributed by atoms with van der Waals surface area (Å²) in [6.45, 7) is 0. The molecule has 106 valence electrons. The first kappa shape index (κ1) is 12.6. The molecule has 0 spiro atoms. The average Bonchev–Trinajstić information content (AvgIpc) is 2.96. The fraction of sp³-hybridized carbons (Fsp3) is 0.316. The summed E-state index contributed by atoms with van der Waals surface area (Å²) in [6, 6.07) is 12.8. The topological polar surface area (TPSA) is 28.7 Å². The predicted octanol–water partition coefficient (Wildman–Crippen LogP) is 5.28. The van der Waals surface area contributed by atoms with Gasteiger partial charge in [0.15, 0.2) is 0 Å². The number of benzene rings is 1. The van der Waals surface area contributed by atoms with Crippen molar-refractivity contribution in [2.75, 3.05) is 0 Å². The van der Waals surface area contributed by atoms with Gasteiger partial charge in [-0.3, -0.25) is 4.98 Å². The van der Waals surface area contributed by atoms with E-state index < -0.39 is 0 Å². The van der Waals surface area contributed by atoms with E-state index in [4.69, 9.17) is 0 Å². The van der Waals surface area contributed by atoms with Crippen LogP contribution in [0.3, 0.4) is 0 Å². The fourth-order valence-electron chi connectivity index (χ4n) is 3.70. The van der Waals surface area contributed by atoms with Crippen molar-refractivity contribution >= 4 is 10.9 Å². The van der Waals surface area contributed by atoms with Gasteiger partial charge in [0.25, 0.3) is 0 Å². The molecule has 1 aliphatic carbocycles. The first-order valence-electron chi connectivity index (χ1n) is 7.94. The van der Waals surface area contributed by atoms with Crippen LogP contribution in [0.1, 0.15) is 43.6 Å². The average molecular weight is 276 g/mol. The number of hydrogen-bond acceptors (Lipinski definition) is 1. The number of nitrogens with one attached hydrogen (secondary N) is 1. The van der Waals surface area contributed by atoms with Crippen LogP contribution >= 0.6 is 0 Å². The molecule has 1 aliphatic rings. The highest BCUT2D eigenvalue weighted by molar-refractivity contribution is 5.90. The lowest BCUT2D eigenvalue weighted by Crippen LogP contribution is -2.05. The zero-order valence-electron chi connectivity index (χ0n) is 12.2. The van der Waals surface area contributed by atoms with Gasteiger partial charge in [0.1, 0.15) is 0 Å². The summed E-state index contributed by atoms with van der Waals surface area (Å²) in [4.78, 5) is 7.99. The van der Waals surface area contributed by atoms with Crippen molar-refractivity contribution in [3.8, 4) is 11.3 Å². The molecule has 0 unspecified atom stereocenters. The van der Waals surface area contributed by atoms with Crippen molar-refractivity contribution in [2.45, 2.75) is 38.0 Å². The van der Waals surface area contributed by atoms with Crippen molar-refractivity contribution in [3.05, 3.63) is 54.4 Å². The van der Waals surface area contributed by atoms with Crippen LogP contribution in [-0.4, -0.2) is 9.97 Å². The molecule has 0 bridgehead atoms. The Kier molecular flexibility index (Phi) is 3.23. The number of nitrogens with zero attached hydrogens (tertiary/aromatic N) is 1. The Labute approximate surface area is 125 Å². The van der Waals surface area contributed by atoms with Gasteiger partial charge >= 0.3 is 0 Å². The molecule has 4 rings (SSSR count). The first-order chi connectivity index (χ1) is 10.4. The van der Waals surface area contributed by atoms with Crippen molar-refractivity contribution in [3.63, 3.8) is 0 Å². The summed E-state index contributed by atoms with van der Waals surface area (Å²) in [6.07, 6.45) is 10.6. The zero-order chi connectivity index (χ0) is 14.1. The van der Waals surface area contributed by atoms with E-state index in [0.717, 1.165) is 0 Å². The minimum absolute atomic E-state index is 0.673. The maximum atomic E-state index is 4.36. The Morgan fingerprint density at radius 3 is 2.57 bits per heavy atom. The van der Waals surface area contributed by atoms with Gasteiger partial charge in [-0.1, -0.05) is 49.6 Å². The molecule has 2 heteroatoms. The van der Waals surface area contributed by atoms with E-state index >= 15 is 0 Å². The summed E-state index contributed by atoms with van der Waals surface area (Å²) in [5.41, 5.74) is 5.29. The van der Waals surface area contributed by atoms with Gasteiger partial charge in [0, 0.05) is 23.3 Å². The number of aromatic amines is 1. The molecule has 0 aliphatic heterocycles. The molecule has 1 N–H and O–H groups in total. The Bertz CT molecular complexity index is 737.